The van der Waals surface area contributed by atoms with Gasteiger partial charge in [-0.15, -0.1) is 0 Å². The van der Waals surface area contributed by atoms with Gasteiger partial charge in [0.05, 0.1) is 26.2 Å². The highest BCUT2D eigenvalue weighted by Gasteiger charge is 2.12. The molecule has 0 unspecified atom stereocenters. The van der Waals surface area contributed by atoms with Crippen molar-refractivity contribution in [3.05, 3.63) is 96.3 Å². The minimum absolute atomic E-state index is 0.399. The van der Waals surface area contributed by atoms with Gasteiger partial charge in [0.15, 0.2) is 0 Å². The maximum absolute atomic E-state index is 9.68. The van der Waals surface area contributed by atoms with E-state index >= 15 is 0 Å². The monoisotopic (exact) mass is 535 g/mol. The molecule has 0 fully saturated rings. The van der Waals surface area contributed by atoms with Crippen molar-refractivity contribution in [2.45, 2.75) is 6.61 Å². The fraction of sp³-hybridized carbons (Fsp3) is 0.0455. The van der Waals surface area contributed by atoms with Crippen molar-refractivity contribution in [2.75, 3.05) is 0 Å². The first-order valence-electron chi connectivity index (χ1n) is 8.21. The van der Waals surface area contributed by atoms with Crippen LogP contribution in [0.4, 0.5) is 0 Å². The van der Waals surface area contributed by atoms with Crippen LogP contribution in [-0.4, -0.2) is 0 Å². The Hall–Kier alpha value is -1.77. The number of allylic oxidation sites excluding steroid dienone is 1. The average molecular weight is 538 g/mol. The van der Waals surface area contributed by atoms with Gasteiger partial charge >= 0.3 is 0 Å². The number of ether oxygens (including phenoxy) is 1. The summed E-state index contributed by atoms with van der Waals surface area (Å²) in [6, 6.07) is 21.0. The van der Waals surface area contributed by atoms with E-state index in [0.717, 1.165) is 20.1 Å². The van der Waals surface area contributed by atoms with Gasteiger partial charge in [-0.2, -0.15) is 5.26 Å². The van der Waals surface area contributed by atoms with Crippen LogP contribution in [0, 0.1) is 11.3 Å². The lowest BCUT2D eigenvalue weighted by Crippen LogP contribution is -1.98. The van der Waals surface area contributed by atoms with Crippen molar-refractivity contribution in [2.24, 2.45) is 0 Å². The van der Waals surface area contributed by atoms with Crippen molar-refractivity contribution in [1.82, 2.24) is 0 Å². The van der Waals surface area contributed by atoms with Gasteiger partial charge in [0.1, 0.15) is 12.4 Å². The number of benzene rings is 3. The average Bonchev–Trinajstić information content (AvgIpc) is 2.68. The quantitative estimate of drug-likeness (QED) is 0.243. The predicted molar refractivity (Wildman–Crippen MR) is 123 cm³/mol. The summed E-state index contributed by atoms with van der Waals surface area (Å²) in [5.41, 5.74) is 2.95. The summed E-state index contributed by atoms with van der Waals surface area (Å²) in [4.78, 5) is 0. The van der Waals surface area contributed by atoms with Crippen molar-refractivity contribution in [3.63, 3.8) is 0 Å². The molecule has 0 heterocycles. The largest absolute Gasteiger partial charge is 0.487 e. The lowest BCUT2D eigenvalue weighted by Gasteiger charge is -2.13. The maximum Gasteiger partial charge on any atom is 0.141 e. The molecule has 0 saturated heterocycles. The van der Waals surface area contributed by atoms with Crippen molar-refractivity contribution < 1.29 is 4.74 Å². The second-order valence-electron chi connectivity index (χ2n) is 5.88. The van der Waals surface area contributed by atoms with Gasteiger partial charge < -0.3 is 4.74 Å². The van der Waals surface area contributed by atoms with Crippen LogP contribution in [0.25, 0.3) is 11.6 Å². The van der Waals surface area contributed by atoms with Crippen LogP contribution in [0.15, 0.2) is 69.6 Å². The van der Waals surface area contributed by atoms with Crippen molar-refractivity contribution in [1.29, 1.82) is 5.26 Å². The Balaban J connectivity index is 2.00. The molecule has 0 amide bonds. The second-order valence-corrected chi connectivity index (χ2v) is 8.46. The molecule has 0 N–H and O–H groups in total. The SMILES string of the molecule is N#C/C(=C/c1cc(Br)cc(Br)c1OCc1ccccc1)c1ccc(Cl)c(Cl)c1. The molecule has 140 valence electrons. The highest BCUT2D eigenvalue weighted by atomic mass is 79.9. The molecule has 2 nitrogen and oxygen atoms in total. The van der Waals surface area contributed by atoms with E-state index in [0.29, 0.717) is 33.5 Å². The molecule has 0 bridgehead atoms. The fourth-order valence-corrected chi connectivity index (χ4v) is 4.24. The highest BCUT2D eigenvalue weighted by molar-refractivity contribution is 9.11. The van der Waals surface area contributed by atoms with Gasteiger partial charge in [-0.1, -0.05) is 75.5 Å². The summed E-state index contributed by atoms with van der Waals surface area (Å²) < 4.78 is 7.72. The molecule has 0 aliphatic rings. The Labute approximate surface area is 190 Å². The molecule has 0 spiro atoms. The van der Waals surface area contributed by atoms with E-state index < -0.39 is 0 Å². The Kier molecular flexibility index (Phi) is 7.20. The number of nitriles is 1. The third-order valence-corrected chi connectivity index (χ3v) is 5.70. The fourth-order valence-electron chi connectivity index (χ4n) is 2.57. The third kappa shape index (κ3) is 5.18. The van der Waals surface area contributed by atoms with E-state index in [1.807, 2.05) is 42.5 Å². The van der Waals surface area contributed by atoms with Crippen LogP contribution in [-0.2, 0) is 6.61 Å². The van der Waals surface area contributed by atoms with Crippen molar-refractivity contribution >= 4 is 66.7 Å². The first-order valence-corrected chi connectivity index (χ1v) is 10.5. The van der Waals surface area contributed by atoms with Gasteiger partial charge in [0.25, 0.3) is 0 Å². The maximum atomic E-state index is 9.68. The summed E-state index contributed by atoms with van der Waals surface area (Å²) in [7, 11) is 0. The number of hydrogen-bond acceptors (Lipinski definition) is 2. The van der Waals surface area contributed by atoms with Gasteiger partial charge in [0.2, 0.25) is 0 Å². The summed E-state index contributed by atoms with van der Waals surface area (Å²) >= 11 is 19.1. The van der Waals surface area contributed by atoms with E-state index in [2.05, 4.69) is 37.9 Å². The molecule has 0 aliphatic carbocycles. The van der Waals surface area contributed by atoms with Crippen LogP contribution in [0.5, 0.6) is 5.75 Å². The van der Waals surface area contributed by atoms with Gasteiger partial charge in [-0.3, -0.25) is 0 Å². The highest BCUT2D eigenvalue weighted by Crippen LogP contribution is 2.36. The number of halogens is 4. The van der Waals surface area contributed by atoms with E-state index in [4.69, 9.17) is 27.9 Å². The van der Waals surface area contributed by atoms with E-state index in [1.165, 1.54) is 0 Å². The number of hydrogen-bond donors (Lipinski definition) is 0. The smallest absolute Gasteiger partial charge is 0.141 e. The first-order chi connectivity index (χ1) is 13.5. The molecule has 28 heavy (non-hydrogen) atoms. The van der Waals surface area contributed by atoms with Crippen LogP contribution in [0.1, 0.15) is 16.7 Å². The molecule has 0 atom stereocenters. The predicted octanol–water partition coefficient (Wildman–Crippen LogP) is 8.16. The molecule has 0 radical (unpaired) electrons. The van der Waals surface area contributed by atoms with E-state index in [9.17, 15) is 5.26 Å². The van der Waals surface area contributed by atoms with Crippen LogP contribution >= 0.6 is 55.1 Å². The Morgan fingerprint density at radius 3 is 2.43 bits per heavy atom. The van der Waals surface area contributed by atoms with Crippen LogP contribution in [0.2, 0.25) is 10.0 Å². The Morgan fingerprint density at radius 2 is 1.75 bits per heavy atom. The second kappa shape index (κ2) is 9.62. The van der Waals surface area contributed by atoms with Crippen molar-refractivity contribution in [3.8, 4) is 11.8 Å². The lowest BCUT2D eigenvalue weighted by molar-refractivity contribution is 0.303. The zero-order chi connectivity index (χ0) is 20.1. The molecule has 3 rings (SSSR count). The summed E-state index contributed by atoms with van der Waals surface area (Å²) in [6.45, 7) is 0.413. The minimum Gasteiger partial charge on any atom is -0.487 e. The normalized spacial score (nSPS) is 11.2. The molecule has 0 aliphatic heterocycles. The zero-order valence-corrected chi connectivity index (χ0v) is 19.1. The Morgan fingerprint density at radius 1 is 1.00 bits per heavy atom. The lowest BCUT2D eigenvalue weighted by atomic mass is 10.0. The number of nitrogens with zero attached hydrogens (tertiary/aromatic N) is 1. The summed E-state index contributed by atoms with van der Waals surface area (Å²) in [6.07, 6.45) is 1.77. The van der Waals surface area contributed by atoms with Gasteiger partial charge in [-0.05, 0) is 57.4 Å². The zero-order valence-electron chi connectivity index (χ0n) is 14.4. The molecular formula is C22H13Br2Cl2NO. The van der Waals surface area contributed by atoms with E-state index in [-0.39, 0.29) is 0 Å². The molecule has 0 saturated carbocycles. The summed E-state index contributed by atoms with van der Waals surface area (Å²) in [5, 5.41) is 10.5. The molecule has 0 aromatic heterocycles. The standard InChI is InChI=1S/C22H13Br2Cl2NO/c23-18-9-16(8-17(12-27)15-6-7-20(25)21(26)10-15)22(19(24)11-18)28-13-14-4-2-1-3-5-14/h1-11H,13H2/b17-8-. The van der Waals surface area contributed by atoms with Gasteiger partial charge in [0, 0.05) is 10.0 Å². The third-order valence-electron chi connectivity index (χ3n) is 3.91. The number of rotatable bonds is 5. The van der Waals surface area contributed by atoms with Gasteiger partial charge in [-0.25, -0.2) is 0 Å². The first kappa shape index (κ1) is 21.0. The molecule has 3 aromatic carbocycles. The van der Waals surface area contributed by atoms with Crippen LogP contribution < -0.4 is 4.74 Å². The molecular weight excluding hydrogens is 525 g/mol. The Bertz CT molecular complexity index is 1080. The summed E-state index contributed by atoms with van der Waals surface area (Å²) in [5.74, 6) is 0.653. The van der Waals surface area contributed by atoms with E-state index in [1.54, 1.807) is 24.3 Å². The van der Waals surface area contributed by atoms with Crippen LogP contribution in [0.3, 0.4) is 0 Å². The topological polar surface area (TPSA) is 33.0 Å². The minimum atomic E-state index is 0.399. The molecule has 6 heteroatoms. The molecule has 3 aromatic rings.